The van der Waals surface area contributed by atoms with E-state index in [-0.39, 0.29) is 151 Å². The van der Waals surface area contributed by atoms with Gasteiger partial charge in [-0.1, -0.05) is 215 Å². The fourth-order valence-electron chi connectivity index (χ4n) is 16.2. The number of hydrogen-bond donors (Lipinski definition) is 0. The van der Waals surface area contributed by atoms with Gasteiger partial charge in [0.15, 0.2) is 46.1 Å². The second-order valence-corrected chi connectivity index (χ2v) is 57.1. The van der Waals surface area contributed by atoms with Gasteiger partial charge >= 0.3 is 33.6 Å². The Hall–Kier alpha value is -11.4. The van der Waals surface area contributed by atoms with Crippen molar-refractivity contribution in [1.82, 2.24) is 79.7 Å². The maximum absolute atomic E-state index is 14.0. The fraction of sp³-hybridized carbons (Fsp3) is 0.333. The molecule has 10 heterocycles. The molecule has 18 rings (SSSR count). The first-order chi connectivity index (χ1) is 63.0. The molecule has 8 aromatic carbocycles. The first-order valence-electron chi connectivity index (χ1n) is 45.4. The molecule has 698 valence electrons. The largest absolute Gasteiger partial charge is 2.00 e. The van der Waals surface area contributed by atoms with Gasteiger partial charge in [-0.3, -0.25) is 0 Å². The summed E-state index contributed by atoms with van der Waals surface area (Å²) in [6.45, 7) is 47.3. The van der Waals surface area contributed by atoms with Crippen LogP contribution in [0, 0.1) is 23.7 Å². The van der Waals surface area contributed by atoms with Gasteiger partial charge in [-0.05, 0) is 210 Å². The fourth-order valence-corrected chi connectivity index (χ4v) is 22.1. The summed E-state index contributed by atoms with van der Waals surface area (Å²) in [7, 11) is -16.5. The Bertz CT molecular complexity index is 8310. The van der Waals surface area contributed by atoms with Crippen LogP contribution in [-0.4, -0.2) is 132 Å². The smallest absolute Gasteiger partial charge is 0.412 e. The molecule has 0 spiro atoms. The number of sulfone groups is 3. The van der Waals surface area contributed by atoms with Crippen LogP contribution in [0.2, 0.25) is 36.3 Å². The van der Waals surface area contributed by atoms with Crippen LogP contribution in [0.25, 0.3) is 179 Å². The van der Waals surface area contributed by atoms with Crippen LogP contribution in [0.5, 0.6) is 0 Å². The normalized spacial score (nSPS) is 13.3. The van der Waals surface area contributed by atoms with Gasteiger partial charge in [-0.2, -0.15) is 0 Å². The molecule has 0 atom stereocenters. The molecule has 4 aliphatic rings. The third-order valence-electron chi connectivity index (χ3n) is 26.3. The van der Waals surface area contributed by atoms with Gasteiger partial charge in [0.05, 0.1) is 91.8 Å². The van der Waals surface area contributed by atoms with E-state index in [0.29, 0.717) is 142 Å². The molecule has 2 radical (unpaired) electrons. The maximum Gasteiger partial charge on any atom is 2.00 e. The minimum Gasteiger partial charge on any atom is -0.412 e. The summed E-state index contributed by atoms with van der Waals surface area (Å²) in [5.41, 5.74) is 11.9. The summed E-state index contributed by atoms with van der Waals surface area (Å²) in [6.07, 6.45) is 1.08. The molecule has 136 heavy (non-hydrogen) atoms. The van der Waals surface area contributed by atoms with Crippen LogP contribution < -0.4 is 19.9 Å². The summed E-state index contributed by atoms with van der Waals surface area (Å²) in [5.74, 6) is 16.3. The van der Waals surface area contributed by atoms with Gasteiger partial charge in [-0.25, -0.2) is 45.2 Å². The van der Waals surface area contributed by atoms with Gasteiger partial charge in [0.2, 0.25) is 0 Å². The van der Waals surface area contributed by atoms with Crippen LogP contribution in [0.15, 0.2) is 171 Å². The van der Waals surface area contributed by atoms with Gasteiger partial charge < -0.3 is 68.7 Å². The summed E-state index contributed by atoms with van der Waals surface area (Å²) in [6, 6.07) is 44.8. The predicted octanol–water partition coefficient (Wildman–Crippen LogP) is 21.8. The number of hydrogen-bond acceptors (Lipinski definition) is 20. The van der Waals surface area contributed by atoms with Crippen molar-refractivity contribution in [3.05, 3.63) is 185 Å². The zero-order valence-electron chi connectivity index (χ0n) is 80.3. The Morgan fingerprint density at radius 3 is 0.846 bits per heavy atom. The van der Waals surface area contributed by atoms with Gasteiger partial charge in [0.25, 0.3) is 0 Å². The van der Waals surface area contributed by atoms with Crippen molar-refractivity contribution < 1.29 is 67.7 Å². The van der Waals surface area contributed by atoms with Crippen LogP contribution in [-0.2, 0) is 88.2 Å². The minimum atomic E-state index is -3.81. The summed E-state index contributed by atoms with van der Waals surface area (Å²) >= 11 is 0. The molecule has 14 aromatic rings. The van der Waals surface area contributed by atoms with Crippen molar-refractivity contribution in [1.29, 1.82) is 0 Å². The molecular formula is C105H106Co2N16O8S3Si2. The summed E-state index contributed by atoms with van der Waals surface area (Å²) in [5, 5.41) is 4.30. The van der Waals surface area contributed by atoms with Crippen LogP contribution >= 0.6 is 0 Å². The number of nitrogens with zero attached hydrogens (tertiary/aromatic N) is 16. The third kappa shape index (κ3) is 18.5. The van der Waals surface area contributed by atoms with E-state index in [1.165, 1.54) is 36.4 Å². The van der Waals surface area contributed by atoms with Crippen molar-refractivity contribution >= 4 is 134 Å². The molecular weight excluding hydrogens is 1880 g/mol. The molecule has 24 nitrogen and oxygen atoms in total. The summed E-state index contributed by atoms with van der Waals surface area (Å²) < 4.78 is 98.3. The molecule has 0 aliphatic carbocycles. The molecule has 0 N–H and O–H groups in total. The maximum atomic E-state index is 14.0. The quantitative estimate of drug-likeness (QED) is 0.0679. The van der Waals surface area contributed by atoms with E-state index in [0.717, 1.165) is 49.4 Å². The van der Waals surface area contributed by atoms with Gasteiger partial charge in [0.1, 0.15) is 0 Å². The molecule has 0 saturated carbocycles. The first-order valence-corrected chi connectivity index (χ1v) is 56.1. The standard InChI is InChI=1S/C105H106N16O8S3Si2.2Co/c1-23-46-130(122,123)66-36-44-75-82(54-66)98-117-91(75)110-93-77-49-59(28-38-69(77)85(108-93)106-90-74-43-35-67(131(124,125)47-24-2)55-83(74)99(116-90)121-100-84-56-68(132(126,127)48-25-3)37-45-76(84)92(118-98)119-100)26-30-61(57-128-133(19,20)104(13,14)15)62(58-129-134(21,22)105(16,17)18)31-27-60-29-39-70-78(50-60)94-109-86(70)111-95-80-52-64(102(7,8)9)34-42-73(80)89(114-95)115-96-79-51-63(101(4,5)6)32-40-71(79)87(112-96)107-88-72-41-33-65(103(10,11)12)53-81(72)97(113-88)120-94;;/h28-29,32-45,49-56H,23-25,46-48,57-58H2,1-22H3;;/q-4;2*+2/b62-61+;;. The second kappa shape index (κ2) is 35.5. The number of rotatable bonds is 15. The SMILES string of the molecule is CCCS(=O)(=O)c1ccc2c(c1)-c1nc-2nc2[n-]c(nc3nc(nc4[n-]c(n1)c1cc(S(=O)(=O)CCC)ccc41)-c1ccc(C#C/C(CO[Si](C)(C)C(C)(C)C)=C(/C#Cc4ccc5c(c4)-c4nc-5nc5[n-]c(nc6nc(nc7[n-]c(n4)c4cc(C(C)(C)C)ccc74)-c4ccc(C(C)(C)C)cc4-6)c4ccc(C(C)(C)C)cc54)CO[Si](C)(C)C(C)(C)C)cc1-3)c1ccc(S(=O)(=O)CCC)cc21.[Co+2].[Co+2]. The van der Waals surface area contributed by atoms with Crippen LogP contribution in [0.1, 0.15) is 172 Å². The number of fused-ring (bicyclic) bond motifs is 40. The predicted molar refractivity (Wildman–Crippen MR) is 538 cm³/mol. The average Bonchev–Trinajstić information content (AvgIpc) is 1.59. The van der Waals surface area contributed by atoms with Crippen molar-refractivity contribution in [3.8, 4) is 115 Å². The van der Waals surface area contributed by atoms with Crippen LogP contribution in [0.4, 0.5) is 0 Å². The molecule has 31 heteroatoms. The minimum absolute atomic E-state index is 0. The summed E-state index contributed by atoms with van der Waals surface area (Å²) in [4.78, 5) is 84.0. The Morgan fingerprint density at radius 1 is 0.294 bits per heavy atom. The van der Waals surface area contributed by atoms with E-state index in [1.807, 2.05) is 36.4 Å². The molecule has 0 saturated heterocycles. The molecule has 4 aliphatic heterocycles. The van der Waals surface area contributed by atoms with Gasteiger partial charge in [-0.15, -0.1) is 0 Å². The molecule has 0 amide bonds. The zero-order chi connectivity index (χ0) is 95.4. The Labute approximate surface area is 816 Å². The zero-order valence-corrected chi connectivity index (χ0v) is 86.9. The average molecular weight is 1990 g/mol. The van der Waals surface area contributed by atoms with Crippen molar-refractivity contribution in [2.24, 2.45) is 0 Å². The van der Waals surface area contributed by atoms with Gasteiger partial charge in [0, 0.05) is 112 Å². The molecule has 0 unspecified atom stereocenters. The van der Waals surface area contributed by atoms with Crippen LogP contribution in [0.3, 0.4) is 0 Å². The van der Waals surface area contributed by atoms with Crippen molar-refractivity contribution in [3.63, 3.8) is 0 Å². The van der Waals surface area contributed by atoms with E-state index in [1.54, 1.807) is 39.0 Å². The molecule has 16 bridgehead atoms. The van der Waals surface area contributed by atoms with E-state index in [2.05, 4.69) is 208 Å². The third-order valence-corrected chi connectivity index (χ3v) is 41.0. The van der Waals surface area contributed by atoms with Crippen molar-refractivity contribution in [2.45, 2.75) is 211 Å². The Kier molecular flexibility index (Phi) is 25.5. The monoisotopic (exact) mass is 1990 g/mol. The Morgan fingerprint density at radius 2 is 0.537 bits per heavy atom. The molecule has 6 aromatic heterocycles. The van der Waals surface area contributed by atoms with E-state index < -0.39 is 46.1 Å². The number of aromatic nitrogens is 16. The van der Waals surface area contributed by atoms with E-state index >= 15 is 0 Å². The van der Waals surface area contributed by atoms with E-state index in [9.17, 15) is 25.3 Å². The first kappa shape index (κ1) is 97.6. The second-order valence-electron chi connectivity index (χ2n) is 41.2. The topological polar surface area (TPSA) is 332 Å². The number of benzene rings is 8. The van der Waals surface area contributed by atoms with E-state index in [4.69, 9.17) is 88.6 Å². The van der Waals surface area contributed by atoms with Crippen molar-refractivity contribution in [2.75, 3.05) is 30.5 Å². The Balaban J connectivity index is 0.00000671. The molecule has 0 fully saturated rings.